The topological polar surface area (TPSA) is 120 Å². The average Bonchev–Trinajstić information content (AvgIpc) is 2.52. The first-order chi connectivity index (χ1) is 10.8. The van der Waals surface area contributed by atoms with Gasteiger partial charge in [0.15, 0.2) is 6.29 Å². The zero-order valence-electron chi connectivity index (χ0n) is 13.8. The fraction of sp³-hybridized carbons (Fsp3) is 0.750. The molecule has 0 aromatic carbocycles. The van der Waals surface area contributed by atoms with Crippen molar-refractivity contribution in [3.8, 4) is 0 Å². The zero-order valence-corrected chi connectivity index (χ0v) is 13.8. The van der Waals surface area contributed by atoms with E-state index in [-0.39, 0.29) is 6.61 Å². The van der Waals surface area contributed by atoms with E-state index >= 15 is 0 Å². The van der Waals surface area contributed by atoms with E-state index in [0.717, 1.165) is 5.57 Å². The molecule has 0 aromatic rings. The van der Waals surface area contributed by atoms with Crippen LogP contribution >= 0.6 is 0 Å². The molecule has 0 radical (unpaired) electrons. The summed E-state index contributed by atoms with van der Waals surface area (Å²) >= 11 is 0. The van der Waals surface area contributed by atoms with E-state index in [4.69, 9.17) is 14.6 Å². The van der Waals surface area contributed by atoms with Crippen molar-refractivity contribution in [2.24, 2.45) is 0 Å². The minimum atomic E-state index is -1.46. The lowest BCUT2D eigenvalue weighted by Crippen LogP contribution is -2.59. The van der Waals surface area contributed by atoms with Crippen LogP contribution in [0.1, 0.15) is 27.2 Å². The molecule has 0 aromatic heterocycles. The molecule has 0 aliphatic carbocycles. The summed E-state index contributed by atoms with van der Waals surface area (Å²) < 4.78 is 10.6. The van der Waals surface area contributed by atoms with Gasteiger partial charge in [0.1, 0.15) is 24.4 Å². The van der Waals surface area contributed by atoms with Crippen LogP contribution in [-0.2, 0) is 9.47 Å². The van der Waals surface area contributed by atoms with Crippen LogP contribution < -0.4 is 0 Å². The van der Waals surface area contributed by atoms with Crippen LogP contribution in [0, 0.1) is 0 Å². The Balaban J connectivity index is 2.53. The van der Waals surface area contributed by atoms with Crippen molar-refractivity contribution < 1.29 is 35.0 Å². The molecule has 1 saturated heterocycles. The third kappa shape index (κ3) is 5.96. The summed E-state index contributed by atoms with van der Waals surface area (Å²) in [5, 5.41) is 48.2. The van der Waals surface area contributed by atoms with Gasteiger partial charge in [0.05, 0.1) is 19.3 Å². The van der Waals surface area contributed by atoms with Crippen molar-refractivity contribution in [3.63, 3.8) is 0 Å². The molecule has 0 amide bonds. The molecule has 5 N–H and O–H groups in total. The smallest absolute Gasteiger partial charge is 0.187 e. The second-order valence-corrected chi connectivity index (χ2v) is 6.01. The van der Waals surface area contributed by atoms with E-state index in [9.17, 15) is 20.4 Å². The van der Waals surface area contributed by atoms with Gasteiger partial charge in [-0.25, -0.2) is 0 Å². The number of aliphatic hydroxyl groups excluding tert-OH is 5. The lowest BCUT2D eigenvalue weighted by atomic mass is 9.99. The summed E-state index contributed by atoms with van der Waals surface area (Å²) in [5.41, 5.74) is 1.83. The molecule has 1 aliphatic rings. The van der Waals surface area contributed by atoms with E-state index in [2.05, 4.69) is 0 Å². The Morgan fingerprint density at radius 3 is 2.30 bits per heavy atom. The van der Waals surface area contributed by atoms with Crippen LogP contribution in [0.5, 0.6) is 0 Å². The van der Waals surface area contributed by atoms with Gasteiger partial charge in [-0.15, -0.1) is 0 Å². The monoisotopic (exact) mass is 332 g/mol. The fourth-order valence-electron chi connectivity index (χ4n) is 2.15. The maximum absolute atomic E-state index is 9.96. The largest absolute Gasteiger partial charge is 0.394 e. The van der Waals surface area contributed by atoms with Crippen molar-refractivity contribution in [2.75, 3.05) is 13.2 Å². The number of allylic oxidation sites excluding steroid dienone is 1. The van der Waals surface area contributed by atoms with E-state index in [1.807, 2.05) is 19.9 Å². The van der Waals surface area contributed by atoms with Crippen molar-refractivity contribution in [3.05, 3.63) is 23.3 Å². The third-order valence-electron chi connectivity index (χ3n) is 3.79. The third-order valence-corrected chi connectivity index (χ3v) is 3.79. The summed E-state index contributed by atoms with van der Waals surface area (Å²) in [6.45, 7) is 5.23. The molecule has 0 saturated carbocycles. The highest BCUT2D eigenvalue weighted by atomic mass is 16.7. The van der Waals surface area contributed by atoms with Crippen molar-refractivity contribution in [2.45, 2.75) is 64.0 Å². The Labute approximate surface area is 136 Å². The molecule has 23 heavy (non-hydrogen) atoms. The Morgan fingerprint density at radius 2 is 1.74 bits per heavy atom. The van der Waals surface area contributed by atoms with Gasteiger partial charge in [-0.2, -0.15) is 0 Å². The number of ether oxygens (including phenoxy) is 2. The summed E-state index contributed by atoms with van der Waals surface area (Å²) in [6.07, 6.45) is -2.97. The van der Waals surface area contributed by atoms with Crippen LogP contribution in [0.25, 0.3) is 0 Å². The maximum Gasteiger partial charge on any atom is 0.187 e. The van der Waals surface area contributed by atoms with Crippen LogP contribution in [0.2, 0.25) is 0 Å². The Morgan fingerprint density at radius 1 is 1.09 bits per heavy atom. The van der Waals surface area contributed by atoms with Gasteiger partial charge >= 0.3 is 0 Å². The van der Waals surface area contributed by atoms with Gasteiger partial charge in [0.25, 0.3) is 0 Å². The molecule has 1 aliphatic heterocycles. The maximum atomic E-state index is 9.96. The number of rotatable bonds is 7. The quantitative estimate of drug-likeness (QED) is 0.397. The fourth-order valence-corrected chi connectivity index (χ4v) is 2.15. The summed E-state index contributed by atoms with van der Waals surface area (Å²) in [4.78, 5) is 0. The minimum absolute atomic E-state index is 0.0560. The zero-order chi connectivity index (χ0) is 17.6. The van der Waals surface area contributed by atoms with Gasteiger partial charge in [-0.3, -0.25) is 0 Å². The molecule has 0 spiro atoms. The lowest BCUT2D eigenvalue weighted by Gasteiger charge is -2.39. The first-order valence-electron chi connectivity index (χ1n) is 7.68. The van der Waals surface area contributed by atoms with Gasteiger partial charge in [-0.05, 0) is 32.8 Å². The summed E-state index contributed by atoms with van der Waals surface area (Å²) in [6, 6.07) is 0. The highest BCUT2D eigenvalue weighted by Gasteiger charge is 2.43. The van der Waals surface area contributed by atoms with E-state index in [1.165, 1.54) is 0 Å². The number of hydrogen-bond acceptors (Lipinski definition) is 7. The van der Waals surface area contributed by atoms with E-state index in [1.54, 1.807) is 13.0 Å². The van der Waals surface area contributed by atoms with Crippen LogP contribution in [0.15, 0.2) is 23.3 Å². The molecule has 0 bridgehead atoms. The Kier molecular flexibility index (Phi) is 8.35. The number of aliphatic hydroxyl groups is 5. The van der Waals surface area contributed by atoms with E-state index in [0.29, 0.717) is 12.0 Å². The Bertz CT molecular complexity index is 415. The minimum Gasteiger partial charge on any atom is -0.394 e. The molecule has 1 rings (SSSR count). The lowest BCUT2D eigenvalue weighted by molar-refractivity contribution is -0.298. The normalized spacial score (nSPS) is 33.4. The molecule has 0 unspecified atom stereocenters. The van der Waals surface area contributed by atoms with Gasteiger partial charge in [-0.1, -0.05) is 17.7 Å². The molecule has 1 heterocycles. The second-order valence-electron chi connectivity index (χ2n) is 6.01. The molecular weight excluding hydrogens is 304 g/mol. The number of hydrogen-bond donors (Lipinski definition) is 5. The average molecular weight is 332 g/mol. The van der Waals surface area contributed by atoms with Crippen molar-refractivity contribution in [1.29, 1.82) is 0 Å². The SMILES string of the molecule is CC(C)=CC[C@H](O)/C(C)=C/CO[C@@H]1O[C@@H](CO)[C@H](O)[C@@H](O)[C@@H]1O. The van der Waals surface area contributed by atoms with Crippen molar-refractivity contribution >= 4 is 0 Å². The van der Waals surface area contributed by atoms with E-state index < -0.39 is 43.4 Å². The van der Waals surface area contributed by atoms with Gasteiger partial charge in [0, 0.05) is 0 Å². The van der Waals surface area contributed by atoms with Gasteiger partial charge < -0.3 is 35.0 Å². The standard InChI is InChI=1S/C16H28O7/c1-9(2)4-5-11(18)10(3)6-7-22-16-15(21)14(20)13(19)12(8-17)23-16/h4,6,11-21H,5,7-8H2,1-3H3/b10-6+/t11-,12-,13-,14+,15-,16+/m0/s1. The predicted molar refractivity (Wildman–Crippen MR) is 83.5 cm³/mol. The summed E-state index contributed by atoms with van der Waals surface area (Å²) in [5.74, 6) is 0. The molecule has 134 valence electrons. The van der Waals surface area contributed by atoms with Gasteiger partial charge in [0.2, 0.25) is 0 Å². The van der Waals surface area contributed by atoms with Crippen molar-refractivity contribution in [1.82, 2.24) is 0 Å². The van der Waals surface area contributed by atoms with Crippen LogP contribution in [-0.4, -0.2) is 75.6 Å². The molecule has 6 atom stereocenters. The predicted octanol–water partition coefficient (Wildman–Crippen LogP) is -0.534. The first kappa shape index (κ1) is 20.2. The Hall–Kier alpha value is -0.800. The summed E-state index contributed by atoms with van der Waals surface area (Å²) in [7, 11) is 0. The van der Waals surface area contributed by atoms with Crippen LogP contribution in [0.3, 0.4) is 0 Å². The highest BCUT2D eigenvalue weighted by Crippen LogP contribution is 2.22. The van der Waals surface area contributed by atoms with Crippen LogP contribution in [0.4, 0.5) is 0 Å². The highest BCUT2D eigenvalue weighted by molar-refractivity contribution is 5.08. The molecule has 1 fully saturated rings. The molecule has 7 heteroatoms. The second kappa shape index (κ2) is 9.48. The first-order valence-corrected chi connectivity index (χ1v) is 7.68. The molecule has 7 nitrogen and oxygen atoms in total. The molecular formula is C16H28O7.